The highest BCUT2D eigenvalue weighted by Crippen LogP contribution is 2.29. The van der Waals surface area contributed by atoms with Gasteiger partial charge in [-0.3, -0.25) is 4.90 Å². The Bertz CT molecular complexity index is 957. The molecule has 1 aromatic heterocycles. The fourth-order valence-corrected chi connectivity index (χ4v) is 5.15. The van der Waals surface area contributed by atoms with E-state index in [1.807, 2.05) is 0 Å². The zero-order chi connectivity index (χ0) is 21.6. The summed E-state index contributed by atoms with van der Waals surface area (Å²) in [6, 6.07) is 15.9. The second-order valence-corrected chi connectivity index (χ2v) is 8.91. The number of hydrogen-bond donors (Lipinski definition) is 0. The Morgan fingerprint density at radius 2 is 1.65 bits per heavy atom. The van der Waals surface area contributed by atoms with Crippen LogP contribution in [0.1, 0.15) is 52.1 Å². The summed E-state index contributed by atoms with van der Waals surface area (Å²) in [4.78, 5) is 10.4. The molecule has 0 radical (unpaired) electrons. The van der Waals surface area contributed by atoms with Crippen molar-refractivity contribution in [2.75, 3.05) is 26.2 Å². The molecule has 0 bridgehead atoms. The molecule has 3 aromatic rings. The minimum atomic E-state index is 0.760. The number of hydrogen-bond acceptors (Lipinski definition) is 3. The van der Waals surface area contributed by atoms with E-state index in [0.717, 1.165) is 25.0 Å². The molecule has 0 unspecified atom stereocenters. The third-order valence-electron chi connectivity index (χ3n) is 6.68. The molecular formula is C27H38N4. The van der Waals surface area contributed by atoms with Crippen molar-refractivity contribution < 1.29 is 0 Å². The van der Waals surface area contributed by atoms with Crippen LogP contribution in [0.3, 0.4) is 0 Å². The quantitative estimate of drug-likeness (QED) is 0.438. The Morgan fingerprint density at radius 3 is 2.35 bits per heavy atom. The Kier molecular flexibility index (Phi) is 7.41. The van der Waals surface area contributed by atoms with Gasteiger partial charge >= 0.3 is 0 Å². The molecule has 1 aliphatic rings. The molecule has 4 nitrogen and oxygen atoms in total. The zero-order valence-electron chi connectivity index (χ0n) is 19.6. The lowest BCUT2D eigenvalue weighted by Gasteiger charge is -2.38. The van der Waals surface area contributed by atoms with E-state index in [9.17, 15) is 0 Å². The molecule has 4 heteroatoms. The molecule has 2 heterocycles. The van der Waals surface area contributed by atoms with Crippen LogP contribution in [0.15, 0.2) is 48.7 Å². The Hall–Kier alpha value is -2.17. The largest absolute Gasteiger partial charge is 0.331 e. The van der Waals surface area contributed by atoms with Crippen LogP contribution in [0.4, 0.5) is 0 Å². The van der Waals surface area contributed by atoms with Gasteiger partial charge in [0.05, 0.1) is 5.69 Å². The lowest BCUT2D eigenvalue weighted by molar-refractivity contribution is 0.104. The number of benzene rings is 2. The van der Waals surface area contributed by atoms with Crippen LogP contribution in [0.25, 0.3) is 22.2 Å². The monoisotopic (exact) mass is 418 g/mol. The minimum Gasteiger partial charge on any atom is -0.331 e. The van der Waals surface area contributed by atoms with Crippen LogP contribution in [0.5, 0.6) is 0 Å². The highest BCUT2D eigenvalue weighted by Gasteiger charge is 2.24. The topological polar surface area (TPSA) is 24.3 Å². The fourth-order valence-electron chi connectivity index (χ4n) is 5.15. The Balaban J connectivity index is 1.47. The summed E-state index contributed by atoms with van der Waals surface area (Å²) >= 11 is 0. The van der Waals surface area contributed by atoms with Gasteiger partial charge in [-0.05, 0) is 56.5 Å². The molecule has 1 fully saturated rings. The fraction of sp³-hybridized carbons (Fsp3) is 0.519. The number of aryl methyl sites for hydroxylation is 1. The van der Waals surface area contributed by atoms with Crippen molar-refractivity contribution in [1.29, 1.82) is 0 Å². The summed E-state index contributed by atoms with van der Waals surface area (Å²) in [5.74, 6) is 1.10. The van der Waals surface area contributed by atoms with Crippen LogP contribution in [-0.2, 0) is 13.1 Å². The first-order valence-corrected chi connectivity index (χ1v) is 12.2. The SMILES string of the molecule is CCCN(CCC)C1CCN(Cc2cn(CC)c(-c3cccc4ccccc34)n2)CC1. The van der Waals surface area contributed by atoms with E-state index in [-0.39, 0.29) is 0 Å². The second-order valence-electron chi connectivity index (χ2n) is 8.91. The molecule has 0 N–H and O–H groups in total. The summed E-state index contributed by atoms with van der Waals surface area (Å²) < 4.78 is 2.31. The third-order valence-corrected chi connectivity index (χ3v) is 6.68. The van der Waals surface area contributed by atoms with E-state index < -0.39 is 0 Å². The summed E-state index contributed by atoms with van der Waals surface area (Å²) in [5, 5.41) is 2.56. The first kappa shape index (κ1) is 22.0. The maximum Gasteiger partial charge on any atom is 0.140 e. The number of nitrogens with zero attached hydrogens (tertiary/aromatic N) is 4. The normalized spacial score (nSPS) is 15.9. The second kappa shape index (κ2) is 10.4. The molecule has 0 spiro atoms. The molecule has 4 rings (SSSR count). The average Bonchev–Trinajstić information content (AvgIpc) is 3.21. The maximum atomic E-state index is 5.12. The van der Waals surface area contributed by atoms with Crippen LogP contribution in [-0.4, -0.2) is 51.6 Å². The highest BCUT2D eigenvalue weighted by atomic mass is 15.2. The molecule has 0 amide bonds. The molecule has 1 aliphatic heterocycles. The zero-order valence-corrected chi connectivity index (χ0v) is 19.6. The van der Waals surface area contributed by atoms with Crippen LogP contribution in [0.2, 0.25) is 0 Å². The van der Waals surface area contributed by atoms with E-state index in [4.69, 9.17) is 4.98 Å². The first-order valence-electron chi connectivity index (χ1n) is 12.2. The van der Waals surface area contributed by atoms with Gasteiger partial charge in [0.15, 0.2) is 0 Å². The number of imidazole rings is 1. The van der Waals surface area contributed by atoms with Gasteiger partial charge in [-0.15, -0.1) is 0 Å². The lowest BCUT2D eigenvalue weighted by Crippen LogP contribution is -2.45. The molecule has 0 aliphatic carbocycles. The standard InChI is InChI=1S/C27H38N4/c1-4-16-31(17-5-2)24-14-18-29(19-15-24)20-23-21-30(6-3)27(28-23)26-13-9-11-22-10-7-8-12-25(22)26/h7-13,21,24H,4-6,14-20H2,1-3H3. The van der Waals surface area contributed by atoms with Gasteiger partial charge in [0.25, 0.3) is 0 Å². The number of fused-ring (bicyclic) bond motifs is 1. The van der Waals surface area contributed by atoms with Crippen LogP contribution >= 0.6 is 0 Å². The minimum absolute atomic E-state index is 0.760. The summed E-state index contributed by atoms with van der Waals surface area (Å²) in [6.45, 7) is 13.6. The Labute approximate surface area is 187 Å². The highest BCUT2D eigenvalue weighted by molar-refractivity contribution is 5.95. The van der Waals surface area contributed by atoms with Gasteiger partial charge in [-0.25, -0.2) is 4.98 Å². The van der Waals surface area contributed by atoms with Crippen molar-refractivity contribution in [3.63, 3.8) is 0 Å². The van der Waals surface area contributed by atoms with Crippen molar-refractivity contribution in [2.45, 2.75) is 65.6 Å². The molecule has 2 aromatic carbocycles. The molecule has 1 saturated heterocycles. The van der Waals surface area contributed by atoms with Crippen molar-refractivity contribution >= 4 is 10.8 Å². The van der Waals surface area contributed by atoms with Crippen molar-refractivity contribution in [3.05, 3.63) is 54.4 Å². The van der Waals surface area contributed by atoms with Gasteiger partial charge in [-0.1, -0.05) is 56.3 Å². The van der Waals surface area contributed by atoms with Gasteiger partial charge in [0, 0.05) is 44.0 Å². The Morgan fingerprint density at radius 1 is 0.935 bits per heavy atom. The molecular weight excluding hydrogens is 380 g/mol. The van der Waals surface area contributed by atoms with E-state index in [1.54, 1.807) is 0 Å². The van der Waals surface area contributed by atoms with E-state index in [2.05, 4.69) is 83.8 Å². The van der Waals surface area contributed by atoms with E-state index in [0.29, 0.717) is 0 Å². The smallest absolute Gasteiger partial charge is 0.140 e. The number of piperidine rings is 1. The number of aromatic nitrogens is 2. The van der Waals surface area contributed by atoms with Gasteiger partial charge < -0.3 is 9.47 Å². The molecule has 166 valence electrons. The van der Waals surface area contributed by atoms with Crippen LogP contribution < -0.4 is 0 Å². The predicted molar refractivity (Wildman–Crippen MR) is 131 cm³/mol. The molecule has 31 heavy (non-hydrogen) atoms. The van der Waals surface area contributed by atoms with Crippen molar-refractivity contribution in [3.8, 4) is 11.4 Å². The lowest BCUT2D eigenvalue weighted by atomic mass is 10.0. The van der Waals surface area contributed by atoms with Gasteiger partial charge in [0.1, 0.15) is 5.82 Å². The van der Waals surface area contributed by atoms with Gasteiger partial charge in [0.2, 0.25) is 0 Å². The summed E-state index contributed by atoms with van der Waals surface area (Å²) in [6.07, 6.45) is 7.34. The third kappa shape index (κ3) is 5.02. The maximum absolute atomic E-state index is 5.12. The summed E-state index contributed by atoms with van der Waals surface area (Å²) in [5.41, 5.74) is 2.43. The first-order chi connectivity index (χ1) is 15.2. The van der Waals surface area contributed by atoms with Gasteiger partial charge in [-0.2, -0.15) is 0 Å². The average molecular weight is 419 g/mol. The van der Waals surface area contributed by atoms with E-state index >= 15 is 0 Å². The van der Waals surface area contributed by atoms with Crippen molar-refractivity contribution in [2.24, 2.45) is 0 Å². The number of likely N-dealkylation sites (tertiary alicyclic amines) is 1. The number of rotatable bonds is 9. The molecule has 0 saturated carbocycles. The van der Waals surface area contributed by atoms with Crippen LogP contribution in [0, 0.1) is 0 Å². The predicted octanol–water partition coefficient (Wildman–Crippen LogP) is 5.81. The van der Waals surface area contributed by atoms with E-state index in [1.165, 1.54) is 73.9 Å². The van der Waals surface area contributed by atoms with Crippen molar-refractivity contribution in [1.82, 2.24) is 19.4 Å². The summed E-state index contributed by atoms with van der Waals surface area (Å²) in [7, 11) is 0. The molecule has 0 atom stereocenters.